The van der Waals surface area contributed by atoms with Crippen LogP contribution in [0, 0.1) is 5.41 Å². The Bertz CT molecular complexity index is 393. The van der Waals surface area contributed by atoms with Gasteiger partial charge in [-0.05, 0) is 26.7 Å². The first-order chi connectivity index (χ1) is 10.5. The van der Waals surface area contributed by atoms with E-state index in [-0.39, 0.29) is 11.3 Å². The van der Waals surface area contributed by atoms with Gasteiger partial charge in [0.25, 0.3) is 0 Å². The molecule has 0 aromatic carbocycles. The van der Waals surface area contributed by atoms with Crippen molar-refractivity contribution in [1.29, 1.82) is 0 Å². The lowest BCUT2D eigenvalue weighted by Gasteiger charge is -2.38. The molecule has 1 saturated carbocycles. The molecule has 5 nitrogen and oxygen atoms in total. The molecular formula is C17H31N3O2. The Morgan fingerprint density at radius 2 is 1.55 bits per heavy atom. The number of piperazine rings is 1. The highest BCUT2D eigenvalue weighted by Gasteiger charge is 2.39. The van der Waals surface area contributed by atoms with Crippen molar-refractivity contribution in [2.24, 2.45) is 5.41 Å². The maximum absolute atomic E-state index is 12.7. The van der Waals surface area contributed by atoms with Crippen LogP contribution in [0.1, 0.15) is 46.5 Å². The molecule has 1 saturated heterocycles. The maximum atomic E-state index is 12.7. The topological polar surface area (TPSA) is 43.9 Å². The van der Waals surface area contributed by atoms with Crippen LogP contribution in [0.4, 0.5) is 0 Å². The Hall–Kier alpha value is -1.10. The van der Waals surface area contributed by atoms with Crippen molar-refractivity contribution in [3.63, 3.8) is 0 Å². The molecule has 0 spiro atoms. The Morgan fingerprint density at radius 3 is 2.05 bits per heavy atom. The predicted octanol–water partition coefficient (Wildman–Crippen LogP) is 1.58. The molecule has 0 unspecified atom stereocenters. The SMILES string of the molecule is CCN(CC)C(=O)CN1CCN(C(=O)C2(C)CCCC2)CC1. The molecule has 0 bridgehead atoms. The summed E-state index contributed by atoms with van der Waals surface area (Å²) in [5.41, 5.74) is -0.126. The van der Waals surface area contributed by atoms with Crippen LogP contribution in [-0.4, -0.2) is 72.3 Å². The van der Waals surface area contributed by atoms with E-state index in [1.165, 1.54) is 12.8 Å². The second kappa shape index (κ2) is 7.44. The van der Waals surface area contributed by atoms with Crippen LogP contribution in [0.25, 0.3) is 0 Å². The molecule has 5 heteroatoms. The number of carbonyl (C=O) groups is 2. The van der Waals surface area contributed by atoms with Gasteiger partial charge in [-0.2, -0.15) is 0 Å². The third kappa shape index (κ3) is 3.80. The highest BCUT2D eigenvalue weighted by Crippen LogP contribution is 2.39. The third-order valence-electron chi connectivity index (χ3n) is 5.36. The molecule has 2 fully saturated rings. The minimum atomic E-state index is -0.126. The van der Waals surface area contributed by atoms with E-state index in [9.17, 15) is 9.59 Å². The van der Waals surface area contributed by atoms with E-state index in [0.29, 0.717) is 12.5 Å². The number of hydrogen-bond donors (Lipinski definition) is 0. The minimum Gasteiger partial charge on any atom is -0.342 e. The first-order valence-electron chi connectivity index (χ1n) is 8.79. The van der Waals surface area contributed by atoms with Crippen molar-refractivity contribution in [3.05, 3.63) is 0 Å². The molecular weight excluding hydrogens is 278 g/mol. The van der Waals surface area contributed by atoms with Crippen molar-refractivity contribution in [2.75, 3.05) is 45.8 Å². The van der Waals surface area contributed by atoms with Gasteiger partial charge in [-0.1, -0.05) is 19.8 Å². The van der Waals surface area contributed by atoms with Gasteiger partial charge in [-0.25, -0.2) is 0 Å². The lowest BCUT2D eigenvalue weighted by molar-refractivity contribution is -0.143. The largest absolute Gasteiger partial charge is 0.342 e. The molecule has 2 rings (SSSR count). The number of amides is 2. The van der Waals surface area contributed by atoms with Gasteiger partial charge in [0.05, 0.1) is 6.54 Å². The highest BCUT2D eigenvalue weighted by molar-refractivity contribution is 5.83. The normalized spacial score (nSPS) is 21.9. The summed E-state index contributed by atoms with van der Waals surface area (Å²) in [6.07, 6.45) is 4.43. The molecule has 0 atom stereocenters. The van der Waals surface area contributed by atoms with Crippen LogP contribution in [-0.2, 0) is 9.59 Å². The summed E-state index contributed by atoms with van der Waals surface area (Å²) in [5.74, 6) is 0.534. The van der Waals surface area contributed by atoms with Crippen molar-refractivity contribution >= 4 is 11.8 Å². The smallest absolute Gasteiger partial charge is 0.236 e. The summed E-state index contributed by atoms with van der Waals surface area (Å²) in [6, 6.07) is 0. The van der Waals surface area contributed by atoms with Crippen molar-refractivity contribution < 1.29 is 9.59 Å². The zero-order valence-corrected chi connectivity index (χ0v) is 14.4. The Kier molecular flexibility index (Phi) is 5.84. The minimum absolute atomic E-state index is 0.126. The number of nitrogens with zero attached hydrogens (tertiary/aromatic N) is 3. The molecule has 1 heterocycles. The summed E-state index contributed by atoms with van der Waals surface area (Å²) in [7, 11) is 0. The van der Waals surface area contributed by atoms with Gasteiger partial charge in [0, 0.05) is 44.7 Å². The first kappa shape index (κ1) is 17.3. The fourth-order valence-electron chi connectivity index (χ4n) is 3.73. The van der Waals surface area contributed by atoms with E-state index < -0.39 is 0 Å². The molecule has 1 aliphatic heterocycles. The van der Waals surface area contributed by atoms with Crippen LogP contribution in [0.3, 0.4) is 0 Å². The summed E-state index contributed by atoms with van der Waals surface area (Å²) in [5, 5.41) is 0. The van der Waals surface area contributed by atoms with Gasteiger partial charge in [0.1, 0.15) is 0 Å². The van der Waals surface area contributed by atoms with Gasteiger partial charge < -0.3 is 9.80 Å². The lowest BCUT2D eigenvalue weighted by atomic mass is 9.87. The molecule has 2 aliphatic rings. The van der Waals surface area contributed by atoms with E-state index in [2.05, 4.69) is 11.8 Å². The fourth-order valence-corrected chi connectivity index (χ4v) is 3.73. The first-order valence-corrected chi connectivity index (χ1v) is 8.79. The zero-order chi connectivity index (χ0) is 16.2. The summed E-state index contributed by atoms with van der Waals surface area (Å²) in [6.45, 7) is 11.3. The molecule has 1 aliphatic carbocycles. The summed E-state index contributed by atoms with van der Waals surface area (Å²) in [4.78, 5) is 30.9. The van der Waals surface area contributed by atoms with Gasteiger partial charge in [0.2, 0.25) is 11.8 Å². The number of hydrogen-bond acceptors (Lipinski definition) is 3. The van der Waals surface area contributed by atoms with E-state index in [1.807, 2.05) is 23.6 Å². The number of likely N-dealkylation sites (N-methyl/N-ethyl adjacent to an activating group) is 1. The Balaban J connectivity index is 1.80. The van der Waals surface area contributed by atoms with Crippen LogP contribution in [0.2, 0.25) is 0 Å². The summed E-state index contributed by atoms with van der Waals surface area (Å²) >= 11 is 0. The number of carbonyl (C=O) groups excluding carboxylic acids is 2. The van der Waals surface area contributed by atoms with Crippen LogP contribution < -0.4 is 0 Å². The molecule has 0 N–H and O–H groups in total. The van der Waals surface area contributed by atoms with E-state index >= 15 is 0 Å². The van der Waals surface area contributed by atoms with Crippen molar-refractivity contribution in [1.82, 2.24) is 14.7 Å². The van der Waals surface area contributed by atoms with E-state index in [1.54, 1.807) is 0 Å². The second-order valence-electron chi connectivity index (χ2n) is 6.90. The van der Waals surface area contributed by atoms with Crippen LogP contribution in [0.5, 0.6) is 0 Å². The van der Waals surface area contributed by atoms with Gasteiger partial charge in [-0.15, -0.1) is 0 Å². The maximum Gasteiger partial charge on any atom is 0.236 e. The van der Waals surface area contributed by atoms with Crippen LogP contribution in [0.15, 0.2) is 0 Å². The quantitative estimate of drug-likeness (QED) is 0.774. The zero-order valence-electron chi connectivity index (χ0n) is 14.4. The standard InChI is InChI=1S/C17H31N3O2/c1-4-19(5-2)15(21)14-18-10-12-20(13-11-18)16(22)17(3)8-6-7-9-17/h4-14H2,1-3H3. The lowest BCUT2D eigenvalue weighted by Crippen LogP contribution is -2.54. The Labute approximate surface area is 134 Å². The van der Waals surface area contributed by atoms with Gasteiger partial charge in [-0.3, -0.25) is 14.5 Å². The van der Waals surface area contributed by atoms with Gasteiger partial charge in [0.15, 0.2) is 0 Å². The average molecular weight is 309 g/mol. The van der Waals surface area contributed by atoms with Crippen molar-refractivity contribution in [2.45, 2.75) is 46.5 Å². The predicted molar refractivity (Wildman–Crippen MR) is 87.5 cm³/mol. The fraction of sp³-hybridized carbons (Fsp3) is 0.882. The van der Waals surface area contributed by atoms with E-state index in [4.69, 9.17) is 0 Å². The number of rotatable bonds is 5. The van der Waals surface area contributed by atoms with Crippen LogP contribution >= 0.6 is 0 Å². The van der Waals surface area contributed by atoms with E-state index in [0.717, 1.165) is 52.1 Å². The molecule has 0 aromatic heterocycles. The molecule has 2 amide bonds. The monoisotopic (exact) mass is 309 g/mol. The second-order valence-corrected chi connectivity index (χ2v) is 6.90. The summed E-state index contributed by atoms with van der Waals surface area (Å²) < 4.78 is 0. The Morgan fingerprint density at radius 1 is 1.00 bits per heavy atom. The molecule has 22 heavy (non-hydrogen) atoms. The third-order valence-corrected chi connectivity index (χ3v) is 5.36. The van der Waals surface area contributed by atoms with Crippen molar-refractivity contribution in [3.8, 4) is 0 Å². The average Bonchev–Trinajstić information content (AvgIpc) is 2.96. The molecule has 0 aromatic rings. The molecule has 0 radical (unpaired) electrons. The molecule has 126 valence electrons. The van der Waals surface area contributed by atoms with Gasteiger partial charge >= 0.3 is 0 Å². The highest BCUT2D eigenvalue weighted by atomic mass is 16.2.